The maximum atomic E-state index is 6.63. The first-order chi connectivity index (χ1) is 17.1. The number of hydrogen-bond donors (Lipinski definition) is 0. The van der Waals surface area contributed by atoms with Gasteiger partial charge in [-0.05, 0) is 51.3 Å². The number of rotatable bonds is 12. The second-order valence-corrected chi connectivity index (χ2v) is 11.2. The minimum atomic E-state index is -2.62. The smallest absolute Gasteiger partial charge is 0.453 e. The average molecular weight is 493 g/mol. The number of hydrogen-bond acceptors (Lipinski definition) is 5. The van der Waals surface area contributed by atoms with Gasteiger partial charge in [0.05, 0.1) is 6.61 Å². The first-order valence-electron chi connectivity index (χ1n) is 12.6. The summed E-state index contributed by atoms with van der Waals surface area (Å²) in [6, 6.07) is 27.5. The van der Waals surface area contributed by atoms with Crippen molar-refractivity contribution in [1.82, 2.24) is 0 Å². The molecule has 0 saturated carbocycles. The molecule has 1 aliphatic heterocycles. The molecule has 1 aliphatic rings. The summed E-state index contributed by atoms with van der Waals surface area (Å²) in [7, 11) is -2.62. The molecule has 3 aromatic rings. The number of aryl methyl sites for hydroxylation is 1. The van der Waals surface area contributed by atoms with Gasteiger partial charge in [0.15, 0.2) is 0 Å². The molecule has 0 radical (unpaired) electrons. The van der Waals surface area contributed by atoms with E-state index in [1.54, 1.807) is 0 Å². The largest absolute Gasteiger partial charge is 0.500 e. The van der Waals surface area contributed by atoms with Gasteiger partial charge in [-0.15, -0.1) is 0 Å². The maximum absolute atomic E-state index is 6.63. The van der Waals surface area contributed by atoms with Gasteiger partial charge < -0.3 is 22.8 Å². The highest BCUT2D eigenvalue weighted by Gasteiger charge is 2.42. The Kier molecular flexibility index (Phi) is 8.76. The van der Waals surface area contributed by atoms with Crippen LogP contribution in [0, 0.1) is 0 Å². The van der Waals surface area contributed by atoms with Crippen molar-refractivity contribution in [3.8, 4) is 5.75 Å². The Labute approximate surface area is 210 Å². The topological polar surface area (TPSA) is 46.2 Å². The number of benzene rings is 3. The van der Waals surface area contributed by atoms with E-state index in [-0.39, 0.29) is 0 Å². The van der Waals surface area contributed by atoms with E-state index in [9.17, 15) is 0 Å². The van der Waals surface area contributed by atoms with Gasteiger partial charge in [0.1, 0.15) is 5.75 Å². The molecule has 0 saturated heterocycles. The highest BCUT2D eigenvalue weighted by Crippen LogP contribution is 2.42. The third-order valence-corrected chi connectivity index (χ3v) is 9.31. The molecule has 0 bridgehead atoms. The second kappa shape index (κ2) is 12.0. The van der Waals surface area contributed by atoms with E-state index in [0.717, 1.165) is 41.3 Å². The molecule has 186 valence electrons. The fourth-order valence-corrected chi connectivity index (χ4v) is 7.25. The molecule has 4 rings (SSSR count). The van der Waals surface area contributed by atoms with E-state index in [1.165, 1.54) is 5.56 Å². The van der Waals surface area contributed by atoms with Gasteiger partial charge in [-0.1, -0.05) is 66.7 Å². The second-order valence-electron chi connectivity index (χ2n) is 8.52. The van der Waals surface area contributed by atoms with Gasteiger partial charge in [0, 0.05) is 42.6 Å². The number of fused-ring (bicyclic) bond motifs is 1. The van der Waals surface area contributed by atoms with Crippen LogP contribution in [-0.2, 0) is 36.8 Å². The molecule has 0 N–H and O–H groups in total. The van der Waals surface area contributed by atoms with Crippen LogP contribution in [0.4, 0.5) is 0 Å². The molecular weight excluding hydrogens is 456 g/mol. The predicted molar refractivity (Wildman–Crippen MR) is 139 cm³/mol. The minimum Gasteiger partial charge on any atom is -0.453 e. The first kappa shape index (κ1) is 25.6. The Hall–Kier alpha value is -2.48. The molecule has 0 amide bonds. The fourth-order valence-electron chi connectivity index (χ4n) is 4.64. The van der Waals surface area contributed by atoms with Gasteiger partial charge in [-0.3, -0.25) is 0 Å². The molecule has 1 heterocycles. The SMILES string of the molecule is CCO[Si](CCCc1ccc2c(c1)COC(c1ccccc1)(c1ccccc1)O2)(OCC)OCC. The van der Waals surface area contributed by atoms with E-state index >= 15 is 0 Å². The summed E-state index contributed by atoms with van der Waals surface area (Å²) >= 11 is 0. The molecule has 0 aliphatic carbocycles. The molecule has 0 unspecified atom stereocenters. The molecular formula is C29H36O5Si. The zero-order chi connectivity index (χ0) is 24.6. The summed E-state index contributed by atoms with van der Waals surface area (Å²) in [6.07, 6.45) is 1.85. The van der Waals surface area contributed by atoms with E-state index in [2.05, 4.69) is 42.5 Å². The van der Waals surface area contributed by atoms with Crippen molar-refractivity contribution in [3.63, 3.8) is 0 Å². The lowest BCUT2D eigenvalue weighted by molar-refractivity contribution is -0.184. The number of ether oxygens (including phenoxy) is 2. The van der Waals surface area contributed by atoms with E-state index in [4.69, 9.17) is 22.8 Å². The first-order valence-corrected chi connectivity index (χ1v) is 14.6. The van der Waals surface area contributed by atoms with Crippen molar-refractivity contribution in [2.24, 2.45) is 0 Å². The molecule has 0 fully saturated rings. The third-order valence-electron chi connectivity index (χ3n) is 6.16. The van der Waals surface area contributed by atoms with E-state index in [1.807, 2.05) is 57.2 Å². The Morgan fingerprint density at radius 2 is 1.34 bits per heavy atom. The summed E-state index contributed by atoms with van der Waals surface area (Å²) in [6.45, 7) is 8.26. The van der Waals surface area contributed by atoms with Crippen molar-refractivity contribution in [1.29, 1.82) is 0 Å². The summed E-state index contributed by atoms with van der Waals surface area (Å²) in [5, 5.41) is 0. The van der Waals surface area contributed by atoms with Crippen LogP contribution < -0.4 is 4.74 Å². The Bertz CT molecular complexity index is 1000. The van der Waals surface area contributed by atoms with Crippen molar-refractivity contribution in [2.45, 2.75) is 52.1 Å². The maximum Gasteiger partial charge on any atom is 0.500 e. The minimum absolute atomic E-state index is 0.475. The Morgan fingerprint density at radius 3 is 1.89 bits per heavy atom. The van der Waals surface area contributed by atoms with Crippen LogP contribution in [0.1, 0.15) is 49.4 Å². The van der Waals surface area contributed by atoms with Crippen molar-refractivity contribution >= 4 is 8.80 Å². The standard InChI is InChI=1S/C29H36O5Si/c1-4-31-35(32-5-2,33-6-3)21-13-14-24-19-20-28-25(22-24)23-30-29(34-28,26-15-9-7-10-16-26)27-17-11-8-12-18-27/h7-12,15-20,22H,4-6,13-14,21,23H2,1-3H3. The summed E-state index contributed by atoms with van der Waals surface area (Å²) in [4.78, 5) is 0. The van der Waals surface area contributed by atoms with Crippen LogP contribution in [-0.4, -0.2) is 28.6 Å². The van der Waals surface area contributed by atoms with Crippen LogP contribution in [0.2, 0.25) is 6.04 Å². The quantitative estimate of drug-likeness (QED) is 0.271. The van der Waals surface area contributed by atoms with Gasteiger partial charge in [-0.2, -0.15) is 0 Å². The van der Waals surface area contributed by atoms with Crippen molar-refractivity contribution in [2.75, 3.05) is 19.8 Å². The molecule has 0 atom stereocenters. The Balaban J connectivity index is 1.51. The molecule has 3 aromatic carbocycles. The van der Waals surface area contributed by atoms with Gasteiger partial charge in [-0.25, -0.2) is 0 Å². The van der Waals surface area contributed by atoms with E-state index < -0.39 is 14.6 Å². The zero-order valence-corrected chi connectivity index (χ0v) is 22.0. The lowest BCUT2D eigenvalue weighted by Gasteiger charge is -2.39. The van der Waals surface area contributed by atoms with Crippen LogP contribution in [0.15, 0.2) is 78.9 Å². The van der Waals surface area contributed by atoms with Crippen LogP contribution in [0.25, 0.3) is 0 Å². The van der Waals surface area contributed by atoms with Crippen LogP contribution in [0.3, 0.4) is 0 Å². The van der Waals surface area contributed by atoms with E-state index in [0.29, 0.717) is 26.4 Å². The lowest BCUT2D eigenvalue weighted by atomic mass is 9.95. The highest BCUT2D eigenvalue weighted by molar-refractivity contribution is 6.60. The molecule has 0 aromatic heterocycles. The third kappa shape index (κ3) is 5.85. The van der Waals surface area contributed by atoms with Crippen molar-refractivity contribution < 1.29 is 22.8 Å². The van der Waals surface area contributed by atoms with Crippen molar-refractivity contribution in [3.05, 3.63) is 101 Å². The molecule has 35 heavy (non-hydrogen) atoms. The normalized spacial score (nSPS) is 14.8. The van der Waals surface area contributed by atoms with Gasteiger partial charge in [0.25, 0.3) is 5.79 Å². The predicted octanol–water partition coefficient (Wildman–Crippen LogP) is 6.48. The molecule has 0 spiro atoms. The Morgan fingerprint density at radius 1 is 0.771 bits per heavy atom. The highest BCUT2D eigenvalue weighted by atomic mass is 28.4. The molecule has 5 nitrogen and oxygen atoms in total. The van der Waals surface area contributed by atoms with Gasteiger partial charge >= 0.3 is 8.80 Å². The van der Waals surface area contributed by atoms with Crippen LogP contribution >= 0.6 is 0 Å². The summed E-state index contributed by atoms with van der Waals surface area (Å²) in [5.74, 6) is -0.108. The average Bonchev–Trinajstić information content (AvgIpc) is 2.90. The van der Waals surface area contributed by atoms with Crippen LogP contribution in [0.5, 0.6) is 5.75 Å². The zero-order valence-electron chi connectivity index (χ0n) is 21.0. The fraction of sp³-hybridized carbons (Fsp3) is 0.379. The lowest BCUT2D eigenvalue weighted by Crippen LogP contribution is -2.46. The summed E-state index contributed by atoms with van der Waals surface area (Å²) in [5.41, 5.74) is 4.26. The van der Waals surface area contributed by atoms with Gasteiger partial charge in [0.2, 0.25) is 0 Å². The molecule has 6 heteroatoms. The monoisotopic (exact) mass is 492 g/mol. The summed E-state index contributed by atoms with van der Waals surface area (Å²) < 4.78 is 31.1.